The van der Waals surface area contributed by atoms with Crippen molar-refractivity contribution in [1.29, 1.82) is 0 Å². The van der Waals surface area contributed by atoms with Crippen molar-refractivity contribution >= 4 is 28.6 Å². The van der Waals surface area contributed by atoms with Gasteiger partial charge in [0.15, 0.2) is 5.16 Å². The predicted molar refractivity (Wildman–Crippen MR) is 138 cm³/mol. The molecule has 0 bridgehead atoms. The van der Waals surface area contributed by atoms with Crippen LogP contribution in [0.4, 0.5) is 4.39 Å². The topological polar surface area (TPSA) is 55.2 Å². The van der Waals surface area contributed by atoms with E-state index in [-0.39, 0.29) is 17.3 Å². The van der Waals surface area contributed by atoms with E-state index in [2.05, 4.69) is 19.1 Å². The van der Waals surface area contributed by atoms with E-state index >= 15 is 0 Å². The van der Waals surface area contributed by atoms with Gasteiger partial charge in [0, 0.05) is 24.4 Å². The van der Waals surface area contributed by atoms with Gasteiger partial charge in [-0.25, -0.2) is 9.37 Å². The maximum absolute atomic E-state index is 13.6. The minimum absolute atomic E-state index is 0.0229. The van der Waals surface area contributed by atoms with Crippen molar-refractivity contribution < 1.29 is 9.18 Å². The smallest absolute Gasteiger partial charge is 0.266 e. The Morgan fingerprint density at radius 2 is 1.74 bits per heavy atom. The molecule has 0 spiro atoms. The number of fused-ring (bicyclic) bond motifs is 1. The first-order valence-corrected chi connectivity index (χ1v) is 12.8. The lowest BCUT2D eigenvalue weighted by atomic mass is 10.1. The van der Waals surface area contributed by atoms with Crippen LogP contribution >= 0.6 is 11.8 Å². The first kappa shape index (κ1) is 23.3. The molecule has 1 aliphatic heterocycles. The molecule has 3 aromatic carbocycles. The van der Waals surface area contributed by atoms with E-state index in [0.717, 1.165) is 43.5 Å². The molecular formula is C28H26FN3O2S. The van der Waals surface area contributed by atoms with Crippen LogP contribution in [0.2, 0.25) is 0 Å². The first-order chi connectivity index (χ1) is 17.0. The highest BCUT2D eigenvalue weighted by atomic mass is 32.2. The standard InChI is InChI=1S/C28H26FN3O2S/c1-19-7-3-4-8-21(19)18-35-28-30-25-17-20(26(33)31-15-5-2-6-16-31)9-14-24(25)27(34)32(28)23-12-10-22(29)11-13-23/h3-4,7-14,17H,2,5-6,15-16,18H2,1H3. The van der Waals surface area contributed by atoms with Crippen molar-refractivity contribution in [3.05, 3.63) is 99.6 Å². The molecule has 1 aliphatic rings. The second-order valence-corrected chi connectivity index (χ2v) is 9.75. The van der Waals surface area contributed by atoms with E-state index in [0.29, 0.717) is 33.1 Å². The third kappa shape index (κ3) is 4.86. The van der Waals surface area contributed by atoms with Crippen LogP contribution in [0.15, 0.2) is 76.7 Å². The number of likely N-dealkylation sites (tertiary alicyclic amines) is 1. The molecule has 0 N–H and O–H groups in total. The monoisotopic (exact) mass is 487 g/mol. The number of aryl methyl sites for hydroxylation is 1. The van der Waals surface area contributed by atoms with Crippen molar-refractivity contribution in [3.8, 4) is 5.69 Å². The lowest BCUT2D eigenvalue weighted by Crippen LogP contribution is -2.35. The molecule has 35 heavy (non-hydrogen) atoms. The van der Waals surface area contributed by atoms with Gasteiger partial charge in [-0.2, -0.15) is 0 Å². The van der Waals surface area contributed by atoms with Gasteiger partial charge in [0.25, 0.3) is 11.5 Å². The second kappa shape index (κ2) is 10.0. The third-order valence-corrected chi connectivity index (χ3v) is 7.42. The highest BCUT2D eigenvalue weighted by Crippen LogP contribution is 2.26. The summed E-state index contributed by atoms with van der Waals surface area (Å²) in [5.74, 6) is 0.230. The largest absolute Gasteiger partial charge is 0.339 e. The minimum Gasteiger partial charge on any atom is -0.339 e. The molecular weight excluding hydrogens is 461 g/mol. The molecule has 0 saturated carbocycles. The van der Waals surface area contributed by atoms with Gasteiger partial charge >= 0.3 is 0 Å². The quantitative estimate of drug-likeness (QED) is 0.266. The summed E-state index contributed by atoms with van der Waals surface area (Å²) in [7, 11) is 0. The van der Waals surface area contributed by atoms with Gasteiger partial charge in [0.2, 0.25) is 0 Å². The summed E-state index contributed by atoms with van der Waals surface area (Å²) in [6.07, 6.45) is 3.17. The van der Waals surface area contributed by atoms with Gasteiger partial charge < -0.3 is 4.90 Å². The molecule has 4 aromatic rings. The molecule has 5 rings (SSSR count). The number of thioether (sulfide) groups is 1. The third-order valence-electron chi connectivity index (χ3n) is 6.43. The molecule has 0 atom stereocenters. The zero-order valence-electron chi connectivity index (χ0n) is 19.5. The summed E-state index contributed by atoms with van der Waals surface area (Å²) < 4.78 is 15.1. The van der Waals surface area contributed by atoms with E-state index < -0.39 is 0 Å². The summed E-state index contributed by atoms with van der Waals surface area (Å²) in [5.41, 5.74) is 3.64. The molecule has 1 amide bonds. The fourth-order valence-corrected chi connectivity index (χ4v) is 5.50. The van der Waals surface area contributed by atoms with Crippen LogP contribution in [0, 0.1) is 12.7 Å². The molecule has 5 nitrogen and oxygen atoms in total. The van der Waals surface area contributed by atoms with E-state index in [1.807, 2.05) is 17.0 Å². The van der Waals surface area contributed by atoms with Crippen LogP contribution in [-0.4, -0.2) is 33.4 Å². The Morgan fingerprint density at radius 3 is 2.49 bits per heavy atom. The molecule has 0 radical (unpaired) electrons. The van der Waals surface area contributed by atoms with Crippen LogP contribution in [0.5, 0.6) is 0 Å². The molecule has 178 valence electrons. The Kier molecular flexibility index (Phi) is 6.68. The minimum atomic E-state index is -0.370. The van der Waals surface area contributed by atoms with Crippen LogP contribution in [0.3, 0.4) is 0 Å². The van der Waals surface area contributed by atoms with Gasteiger partial charge in [-0.15, -0.1) is 0 Å². The lowest BCUT2D eigenvalue weighted by molar-refractivity contribution is 0.0724. The number of piperidine rings is 1. The van der Waals surface area contributed by atoms with E-state index in [1.165, 1.54) is 28.5 Å². The van der Waals surface area contributed by atoms with Gasteiger partial charge in [0.05, 0.1) is 16.6 Å². The van der Waals surface area contributed by atoms with E-state index in [9.17, 15) is 14.0 Å². The molecule has 2 heterocycles. The molecule has 1 fully saturated rings. The Balaban J connectivity index is 1.59. The predicted octanol–water partition coefficient (Wildman–Crippen LogP) is 5.75. The average molecular weight is 488 g/mol. The highest BCUT2D eigenvalue weighted by molar-refractivity contribution is 7.98. The maximum atomic E-state index is 13.6. The van der Waals surface area contributed by atoms with Crippen LogP contribution in [0.25, 0.3) is 16.6 Å². The fraction of sp³-hybridized carbons (Fsp3) is 0.250. The number of nitrogens with zero attached hydrogens (tertiary/aromatic N) is 3. The number of benzene rings is 3. The molecule has 1 saturated heterocycles. The van der Waals surface area contributed by atoms with Crippen LogP contribution < -0.4 is 5.56 Å². The zero-order chi connectivity index (χ0) is 24.4. The summed E-state index contributed by atoms with van der Waals surface area (Å²) in [6.45, 7) is 3.57. The average Bonchev–Trinajstić information content (AvgIpc) is 2.89. The van der Waals surface area contributed by atoms with Gasteiger partial charge in [-0.1, -0.05) is 36.0 Å². The number of carbonyl (C=O) groups excluding carboxylic acids is 1. The molecule has 7 heteroatoms. The van der Waals surface area contributed by atoms with Crippen molar-refractivity contribution in [1.82, 2.24) is 14.5 Å². The SMILES string of the molecule is Cc1ccccc1CSc1nc2cc(C(=O)N3CCCCC3)ccc2c(=O)n1-c1ccc(F)cc1. The van der Waals surface area contributed by atoms with E-state index in [1.54, 1.807) is 30.3 Å². The van der Waals surface area contributed by atoms with Crippen molar-refractivity contribution in [2.75, 3.05) is 13.1 Å². The summed E-state index contributed by atoms with van der Waals surface area (Å²) >= 11 is 1.45. The summed E-state index contributed by atoms with van der Waals surface area (Å²) in [5, 5.41) is 0.921. The molecule has 1 aromatic heterocycles. The summed E-state index contributed by atoms with van der Waals surface area (Å²) in [4.78, 5) is 33.4. The number of hydrogen-bond acceptors (Lipinski definition) is 4. The molecule has 0 aliphatic carbocycles. The summed E-state index contributed by atoms with van der Waals surface area (Å²) in [6, 6.07) is 19.0. The maximum Gasteiger partial charge on any atom is 0.266 e. The van der Waals surface area contributed by atoms with Crippen molar-refractivity contribution in [2.24, 2.45) is 0 Å². The zero-order valence-corrected chi connectivity index (χ0v) is 20.4. The number of rotatable bonds is 5. The van der Waals surface area contributed by atoms with Gasteiger partial charge in [-0.3, -0.25) is 14.2 Å². The first-order valence-electron chi connectivity index (χ1n) is 11.8. The highest BCUT2D eigenvalue weighted by Gasteiger charge is 2.20. The van der Waals surface area contributed by atoms with Crippen molar-refractivity contribution in [3.63, 3.8) is 0 Å². The number of halogens is 1. The number of carbonyl (C=O) groups is 1. The Morgan fingerprint density at radius 1 is 1.00 bits per heavy atom. The fourth-order valence-electron chi connectivity index (χ4n) is 4.41. The van der Waals surface area contributed by atoms with E-state index in [4.69, 9.17) is 4.98 Å². The number of amides is 1. The van der Waals surface area contributed by atoms with Gasteiger partial charge in [0.1, 0.15) is 5.82 Å². The Labute approximate surface area is 207 Å². The molecule has 0 unspecified atom stereocenters. The van der Waals surface area contributed by atoms with Crippen molar-refractivity contribution in [2.45, 2.75) is 37.1 Å². The Bertz CT molecular complexity index is 1440. The number of hydrogen-bond donors (Lipinski definition) is 0. The number of aromatic nitrogens is 2. The van der Waals surface area contributed by atoms with Crippen LogP contribution in [-0.2, 0) is 5.75 Å². The van der Waals surface area contributed by atoms with Crippen LogP contribution in [0.1, 0.15) is 40.7 Å². The lowest BCUT2D eigenvalue weighted by Gasteiger charge is -2.26. The van der Waals surface area contributed by atoms with Gasteiger partial charge in [-0.05, 0) is 79.8 Å². The Hall–Kier alpha value is -3.45. The second-order valence-electron chi connectivity index (χ2n) is 8.81. The normalized spacial score (nSPS) is 13.8.